The molecule has 1 heterocycles. The number of aromatic nitrogens is 2. The molecule has 0 aliphatic heterocycles. The van der Waals surface area contributed by atoms with Crippen LogP contribution >= 0.6 is 15.9 Å². The zero-order valence-corrected chi connectivity index (χ0v) is 6.36. The van der Waals surface area contributed by atoms with Gasteiger partial charge in [-0.15, -0.1) is 0 Å². The van der Waals surface area contributed by atoms with Crippen molar-refractivity contribution in [3.05, 3.63) is 22.6 Å². The molecule has 0 aliphatic carbocycles. The smallest absolute Gasteiger partial charge is 0.124 e. The molecule has 0 saturated carbocycles. The van der Waals surface area contributed by atoms with E-state index >= 15 is 0 Å². The summed E-state index contributed by atoms with van der Waals surface area (Å²) in [5.41, 5.74) is -0.767. The maximum Gasteiger partial charge on any atom is 0.124 e. The fourth-order valence-corrected chi connectivity index (χ4v) is 0.656. The maximum absolute atomic E-state index is 7.66. The Bertz CT molecular complexity index is 498. The summed E-state index contributed by atoms with van der Waals surface area (Å²) in [5.74, 6) is 0. The lowest BCUT2D eigenvalue weighted by molar-refractivity contribution is 0.865. The van der Waals surface area contributed by atoms with Crippen LogP contribution in [0.4, 0.5) is 0 Å². The van der Waals surface area contributed by atoms with Gasteiger partial charge in [0.2, 0.25) is 0 Å². The van der Waals surface area contributed by atoms with Gasteiger partial charge in [-0.1, -0.05) is 13.2 Å². The largest absolute Gasteiger partial charge is 0.260 e. The Labute approximate surface area is 81.5 Å². The van der Waals surface area contributed by atoms with Crippen LogP contribution in [0.15, 0.2) is 16.9 Å². The number of nitrogens with zero attached hydrogens (tertiary/aromatic N) is 2. The molecular formula is C7H9BrN2. The average Bonchev–Trinajstić information content (AvgIpc) is 2.21. The van der Waals surface area contributed by atoms with Crippen molar-refractivity contribution in [2.45, 2.75) is 19.6 Å². The van der Waals surface area contributed by atoms with Crippen LogP contribution < -0.4 is 0 Å². The van der Waals surface area contributed by atoms with Gasteiger partial charge in [0.15, 0.2) is 0 Å². The minimum absolute atomic E-state index is 0.191. The van der Waals surface area contributed by atoms with E-state index in [2.05, 4.69) is 25.9 Å². The molecule has 1 aromatic rings. The van der Waals surface area contributed by atoms with Gasteiger partial charge in [-0.25, -0.2) is 4.98 Å². The quantitative estimate of drug-likeness (QED) is 0.747. The zero-order chi connectivity index (χ0) is 15.2. The third-order valence-electron chi connectivity index (χ3n) is 0.701. The van der Waals surface area contributed by atoms with Crippen molar-refractivity contribution in [2.24, 2.45) is 0 Å². The predicted molar refractivity (Wildman–Crippen MR) is 43.7 cm³/mol. The lowest BCUT2D eigenvalue weighted by atomic mass is 10.3. The van der Waals surface area contributed by atoms with Gasteiger partial charge in [-0.3, -0.25) is 4.98 Å². The van der Waals surface area contributed by atoms with E-state index < -0.39 is 37.6 Å². The fourth-order valence-electron chi connectivity index (χ4n) is 0.390. The molecule has 0 atom stereocenters. The van der Waals surface area contributed by atoms with E-state index in [0.29, 0.717) is 0 Å². The molecule has 0 N–H and O–H groups in total. The van der Waals surface area contributed by atoms with E-state index in [-0.39, 0.29) is 4.60 Å². The number of hydrogen-bond donors (Lipinski definition) is 0. The standard InChI is InChI=1S/C7H9BrN2/c1-2-3-6-4-9-5-7(8)10-6/h4-5H,2-3H2,1H3/i1D3,2D2,3D2,4D,5D. The highest BCUT2D eigenvalue weighted by Crippen LogP contribution is 2.04. The molecule has 54 valence electrons. The molecule has 0 aromatic carbocycles. The van der Waals surface area contributed by atoms with E-state index in [0.717, 1.165) is 0 Å². The molecule has 0 radical (unpaired) electrons. The highest BCUT2D eigenvalue weighted by molar-refractivity contribution is 9.10. The van der Waals surface area contributed by atoms with Gasteiger partial charge in [-0.05, 0) is 22.3 Å². The third kappa shape index (κ3) is 2.06. The summed E-state index contributed by atoms with van der Waals surface area (Å²) in [7, 11) is 0. The first-order valence-corrected chi connectivity index (χ1v) is 3.13. The Morgan fingerprint density at radius 2 is 2.80 bits per heavy atom. The molecule has 0 fully saturated rings. The molecule has 1 aromatic heterocycles. The van der Waals surface area contributed by atoms with Crippen LogP contribution in [-0.2, 0) is 6.37 Å². The van der Waals surface area contributed by atoms with Crippen LogP contribution in [0.1, 0.15) is 31.3 Å². The Morgan fingerprint density at radius 3 is 3.60 bits per heavy atom. The second kappa shape index (κ2) is 3.66. The summed E-state index contributed by atoms with van der Waals surface area (Å²) in [6, 6.07) is 0. The molecule has 0 amide bonds. The van der Waals surface area contributed by atoms with Crippen molar-refractivity contribution in [1.82, 2.24) is 9.97 Å². The van der Waals surface area contributed by atoms with Crippen molar-refractivity contribution < 1.29 is 12.3 Å². The molecule has 0 saturated heterocycles. The second-order valence-electron chi connectivity index (χ2n) is 1.34. The summed E-state index contributed by atoms with van der Waals surface area (Å²) in [5, 5.41) is 0. The molecular weight excluding hydrogens is 192 g/mol. The molecule has 0 bridgehead atoms. The highest BCUT2D eigenvalue weighted by Gasteiger charge is 1.92. The van der Waals surface area contributed by atoms with Gasteiger partial charge in [0.25, 0.3) is 0 Å². The summed E-state index contributed by atoms with van der Waals surface area (Å²) in [6.07, 6.45) is -7.50. The minimum atomic E-state index is -3.26. The first-order valence-electron chi connectivity index (χ1n) is 6.83. The topological polar surface area (TPSA) is 25.8 Å². The Morgan fingerprint density at radius 1 is 1.90 bits per heavy atom. The van der Waals surface area contributed by atoms with Gasteiger partial charge in [0.1, 0.15) is 4.60 Å². The van der Waals surface area contributed by atoms with Crippen LogP contribution in [0.25, 0.3) is 0 Å². The van der Waals surface area contributed by atoms with Gasteiger partial charge >= 0.3 is 0 Å². The Hall–Kier alpha value is -0.440. The van der Waals surface area contributed by atoms with Crippen molar-refractivity contribution in [3.63, 3.8) is 0 Å². The van der Waals surface area contributed by atoms with Crippen molar-refractivity contribution in [1.29, 1.82) is 0 Å². The van der Waals surface area contributed by atoms with Gasteiger partial charge in [0.05, 0.1) is 14.6 Å². The summed E-state index contributed by atoms with van der Waals surface area (Å²) in [6.45, 7) is -3.24. The molecule has 10 heavy (non-hydrogen) atoms. The lowest BCUT2D eigenvalue weighted by Gasteiger charge is -1.95. The molecule has 1 rings (SSSR count). The monoisotopic (exact) mass is 209 g/mol. The summed E-state index contributed by atoms with van der Waals surface area (Å²) in [4.78, 5) is 6.91. The second-order valence-corrected chi connectivity index (χ2v) is 2.09. The van der Waals surface area contributed by atoms with Crippen molar-refractivity contribution >= 4 is 15.9 Å². The fraction of sp³-hybridized carbons (Fsp3) is 0.429. The summed E-state index contributed by atoms with van der Waals surface area (Å²) >= 11 is 2.82. The third-order valence-corrected chi connectivity index (χ3v) is 1.06. The Kier molecular flexibility index (Phi) is 0.744. The summed E-state index contributed by atoms with van der Waals surface area (Å²) < 4.78 is 66.0. The first kappa shape index (κ1) is 2.03. The van der Waals surface area contributed by atoms with Crippen LogP contribution in [0.2, 0.25) is 0 Å². The number of halogens is 1. The van der Waals surface area contributed by atoms with Crippen LogP contribution in [-0.4, -0.2) is 9.97 Å². The molecule has 0 spiro atoms. The number of aryl methyl sites for hydroxylation is 1. The lowest BCUT2D eigenvalue weighted by Crippen LogP contribution is -1.89. The SMILES string of the molecule is [2H]c1nc([2H])c(C([2H])([2H])C([2H])([2H])C([2H])([2H])[2H])nc1Br. The van der Waals surface area contributed by atoms with Crippen molar-refractivity contribution in [3.8, 4) is 0 Å². The molecule has 2 nitrogen and oxygen atoms in total. The number of rotatable bonds is 2. The molecule has 0 aliphatic rings. The van der Waals surface area contributed by atoms with Crippen molar-refractivity contribution in [2.75, 3.05) is 0 Å². The van der Waals surface area contributed by atoms with Gasteiger partial charge in [0, 0.05) is 15.8 Å². The first-order chi connectivity index (χ1) is 8.32. The highest BCUT2D eigenvalue weighted by atomic mass is 79.9. The normalized spacial score (nSPS) is 27.1. The zero-order valence-electron chi connectivity index (χ0n) is 13.8. The van der Waals surface area contributed by atoms with E-state index in [1.54, 1.807) is 0 Å². The number of hydrogen-bond acceptors (Lipinski definition) is 2. The minimum Gasteiger partial charge on any atom is -0.260 e. The van der Waals surface area contributed by atoms with E-state index in [1.807, 2.05) is 0 Å². The average molecular weight is 210 g/mol. The van der Waals surface area contributed by atoms with E-state index in [4.69, 9.17) is 12.3 Å². The van der Waals surface area contributed by atoms with Gasteiger partial charge < -0.3 is 0 Å². The predicted octanol–water partition coefficient (Wildman–Crippen LogP) is 2.19. The van der Waals surface area contributed by atoms with E-state index in [1.165, 1.54) is 0 Å². The van der Waals surface area contributed by atoms with Gasteiger partial charge in [-0.2, -0.15) is 0 Å². The molecule has 3 heteroatoms. The Balaban J connectivity index is 3.48. The van der Waals surface area contributed by atoms with Crippen LogP contribution in [0.3, 0.4) is 0 Å². The maximum atomic E-state index is 7.66. The molecule has 0 unspecified atom stereocenters. The van der Waals surface area contributed by atoms with E-state index in [9.17, 15) is 0 Å². The van der Waals surface area contributed by atoms with Crippen LogP contribution in [0.5, 0.6) is 0 Å². The van der Waals surface area contributed by atoms with Crippen LogP contribution in [0, 0.1) is 0 Å².